The number of hydrogen-bond acceptors (Lipinski definition) is 6. The highest BCUT2D eigenvalue weighted by molar-refractivity contribution is 7.81. The van der Waals surface area contributed by atoms with Gasteiger partial charge in [-0.2, -0.15) is 9.81 Å². The third-order valence-electron chi connectivity index (χ3n) is 2.20. The van der Waals surface area contributed by atoms with Crippen LogP contribution in [0.4, 0.5) is 0 Å². The normalized spacial score (nSPS) is 23.2. The predicted molar refractivity (Wildman–Crippen MR) is 45.7 cm³/mol. The maximum absolute atomic E-state index is 10.7. The van der Waals surface area contributed by atoms with Gasteiger partial charge in [-0.15, -0.1) is 0 Å². The number of rotatable bonds is 6. The van der Waals surface area contributed by atoms with Gasteiger partial charge >= 0.3 is 0 Å². The van der Waals surface area contributed by atoms with Gasteiger partial charge in [0, 0.05) is 4.75 Å². The minimum absolute atomic E-state index is 0.123. The monoisotopic (exact) mass is 205 g/mol. The minimum atomic E-state index is -2.18. The highest BCUT2D eigenvalue weighted by Gasteiger charge is 2.46. The fourth-order valence-electron chi connectivity index (χ4n) is 1.23. The summed E-state index contributed by atoms with van der Waals surface area (Å²) in [6.07, 6.45) is 1.22. The van der Waals surface area contributed by atoms with Crippen molar-refractivity contribution < 1.29 is 8.76 Å². The average Bonchev–Trinajstić information content (AvgIpc) is 2.85. The molecule has 1 rings (SSSR count). The van der Waals surface area contributed by atoms with E-state index in [1.54, 1.807) is 0 Å². The van der Waals surface area contributed by atoms with E-state index >= 15 is 0 Å². The molecule has 1 unspecified atom stereocenters. The van der Waals surface area contributed by atoms with Crippen molar-refractivity contribution in [3.05, 3.63) is 9.81 Å². The second kappa shape index (κ2) is 4.01. The lowest BCUT2D eigenvalue weighted by atomic mass is 10.1. The van der Waals surface area contributed by atoms with E-state index in [-0.39, 0.29) is 13.0 Å². The van der Waals surface area contributed by atoms with Crippen molar-refractivity contribution in [1.82, 2.24) is 0 Å². The van der Waals surface area contributed by atoms with Gasteiger partial charge in [0.1, 0.15) is 12.6 Å². The summed E-state index contributed by atoms with van der Waals surface area (Å²) in [5, 5.41) is 5.20. The first kappa shape index (κ1) is 10.4. The summed E-state index contributed by atoms with van der Waals surface area (Å²) in [4.78, 5) is 20.0. The van der Waals surface area contributed by atoms with Gasteiger partial charge in [0.15, 0.2) is 0 Å². The molecule has 2 atom stereocenters. The zero-order valence-electron chi connectivity index (χ0n) is 6.84. The lowest BCUT2D eigenvalue weighted by molar-refractivity contribution is 0.496. The van der Waals surface area contributed by atoms with Gasteiger partial charge in [0.2, 0.25) is 0 Å². The van der Waals surface area contributed by atoms with Crippen LogP contribution < -0.4 is 0 Å². The van der Waals surface area contributed by atoms with Crippen LogP contribution in [-0.2, 0) is 11.1 Å². The van der Waals surface area contributed by atoms with E-state index in [0.717, 1.165) is 0 Å². The number of nitrogens with zero attached hydrogens (tertiary/aromatic N) is 2. The van der Waals surface area contributed by atoms with Crippen LogP contribution >= 0.6 is 0 Å². The molecule has 0 saturated heterocycles. The van der Waals surface area contributed by atoms with Gasteiger partial charge in [-0.05, 0) is 30.3 Å². The van der Waals surface area contributed by atoms with E-state index < -0.39 is 21.9 Å². The SMILES string of the molecule is O=NC[C@H](CC1(S(=O)[O-])CC1)N=O. The summed E-state index contributed by atoms with van der Waals surface area (Å²) in [7, 11) is 0. The van der Waals surface area contributed by atoms with E-state index in [1.165, 1.54) is 0 Å². The Morgan fingerprint density at radius 2 is 2.08 bits per heavy atom. The quantitative estimate of drug-likeness (QED) is 0.470. The molecule has 74 valence electrons. The van der Waals surface area contributed by atoms with Gasteiger partial charge in [-0.3, -0.25) is 4.21 Å². The van der Waals surface area contributed by atoms with E-state index in [4.69, 9.17) is 0 Å². The Kier molecular flexibility index (Phi) is 3.21. The van der Waals surface area contributed by atoms with Crippen LogP contribution in [0.2, 0.25) is 0 Å². The topological polar surface area (TPSA) is 99.0 Å². The van der Waals surface area contributed by atoms with Crippen molar-refractivity contribution >= 4 is 11.1 Å². The molecule has 0 heterocycles. The third kappa shape index (κ3) is 2.38. The number of hydrogen-bond donors (Lipinski definition) is 0. The molecule has 7 heteroatoms. The molecule has 0 spiro atoms. The van der Waals surface area contributed by atoms with Gasteiger partial charge in [-0.1, -0.05) is 10.4 Å². The first-order chi connectivity index (χ1) is 6.14. The Labute approximate surface area is 77.3 Å². The highest BCUT2D eigenvalue weighted by Crippen LogP contribution is 2.45. The zero-order valence-corrected chi connectivity index (χ0v) is 7.66. The van der Waals surface area contributed by atoms with Crippen LogP contribution in [-0.4, -0.2) is 26.1 Å². The smallest absolute Gasteiger partial charge is 0.116 e. The summed E-state index contributed by atoms with van der Waals surface area (Å²) in [5.41, 5.74) is 0. The van der Waals surface area contributed by atoms with Crippen molar-refractivity contribution in [2.24, 2.45) is 10.4 Å². The first-order valence-electron chi connectivity index (χ1n) is 3.85. The van der Waals surface area contributed by atoms with Crippen LogP contribution in [0.15, 0.2) is 10.4 Å². The number of nitroso groups, excluding NO2 is 2. The molecule has 0 aromatic heterocycles. The Hall–Kier alpha value is -0.690. The van der Waals surface area contributed by atoms with Gasteiger partial charge in [-0.25, -0.2) is 0 Å². The summed E-state index contributed by atoms with van der Waals surface area (Å²) in [5.74, 6) is 0. The van der Waals surface area contributed by atoms with Gasteiger partial charge < -0.3 is 4.55 Å². The standard InChI is InChI=1S/C6H10N2O4S/c9-7-4-5(8-10)3-6(1-2-6)13(11)12/h5H,1-4H2,(H,11,12)/p-1/t5-/m0/s1. The van der Waals surface area contributed by atoms with Crippen molar-refractivity contribution in [2.75, 3.05) is 6.54 Å². The predicted octanol–water partition coefficient (Wildman–Crippen LogP) is 0.690. The molecule has 1 saturated carbocycles. The van der Waals surface area contributed by atoms with Crippen molar-refractivity contribution in [3.63, 3.8) is 0 Å². The van der Waals surface area contributed by atoms with E-state index in [1.807, 2.05) is 0 Å². The summed E-state index contributed by atoms with van der Waals surface area (Å²) < 4.78 is 20.6. The van der Waals surface area contributed by atoms with E-state index in [0.29, 0.717) is 12.8 Å². The molecule has 0 amide bonds. The Balaban J connectivity index is 2.50. The average molecular weight is 205 g/mol. The Morgan fingerprint density at radius 1 is 1.46 bits per heavy atom. The molecule has 6 nitrogen and oxygen atoms in total. The molecule has 0 bridgehead atoms. The van der Waals surface area contributed by atoms with Crippen LogP contribution in [0, 0.1) is 9.81 Å². The van der Waals surface area contributed by atoms with Crippen molar-refractivity contribution in [3.8, 4) is 0 Å². The van der Waals surface area contributed by atoms with Gasteiger partial charge in [0.05, 0.1) is 0 Å². The molecule has 1 aliphatic rings. The molecule has 0 aromatic carbocycles. The van der Waals surface area contributed by atoms with Crippen LogP contribution in [0.5, 0.6) is 0 Å². The lowest BCUT2D eigenvalue weighted by Crippen LogP contribution is -2.24. The summed E-state index contributed by atoms with van der Waals surface area (Å²) in [6.45, 7) is -0.234. The van der Waals surface area contributed by atoms with Crippen LogP contribution in [0.1, 0.15) is 19.3 Å². The second-order valence-electron chi connectivity index (χ2n) is 3.19. The van der Waals surface area contributed by atoms with Gasteiger partial charge in [0.25, 0.3) is 0 Å². The Bertz CT molecular complexity index is 241. The molecule has 1 aliphatic carbocycles. The molecule has 0 radical (unpaired) electrons. The first-order valence-corrected chi connectivity index (χ1v) is 4.93. The van der Waals surface area contributed by atoms with Crippen LogP contribution in [0.3, 0.4) is 0 Å². The largest absolute Gasteiger partial charge is 0.772 e. The Morgan fingerprint density at radius 3 is 2.38 bits per heavy atom. The lowest BCUT2D eigenvalue weighted by Gasteiger charge is -2.19. The molecular formula is C6H9N2O4S-. The molecule has 0 N–H and O–H groups in total. The molecular weight excluding hydrogens is 196 g/mol. The molecule has 0 aromatic rings. The maximum Gasteiger partial charge on any atom is 0.116 e. The second-order valence-corrected chi connectivity index (χ2v) is 4.53. The van der Waals surface area contributed by atoms with Crippen molar-refractivity contribution in [2.45, 2.75) is 30.1 Å². The maximum atomic E-state index is 10.7. The minimum Gasteiger partial charge on any atom is -0.772 e. The van der Waals surface area contributed by atoms with Crippen LogP contribution in [0.25, 0.3) is 0 Å². The highest BCUT2D eigenvalue weighted by atomic mass is 32.2. The molecule has 1 fully saturated rings. The fraction of sp³-hybridized carbons (Fsp3) is 1.00. The van der Waals surface area contributed by atoms with E-state index in [9.17, 15) is 18.6 Å². The summed E-state index contributed by atoms with van der Waals surface area (Å²) in [6, 6.07) is -0.794. The molecule has 13 heavy (non-hydrogen) atoms. The van der Waals surface area contributed by atoms with E-state index in [2.05, 4.69) is 10.4 Å². The molecule has 0 aliphatic heterocycles. The van der Waals surface area contributed by atoms with Crippen molar-refractivity contribution in [1.29, 1.82) is 0 Å². The summed E-state index contributed by atoms with van der Waals surface area (Å²) >= 11 is -2.18. The zero-order chi connectivity index (χ0) is 9.90. The third-order valence-corrected chi connectivity index (χ3v) is 3.49. The fourth-order valence-corrected chi connectivity index (χ4v) is 1.99.